The number of aryl methyl sites for hydroxylation is 1. The molecule has 0 saturated carbocycles. The van der Waals surface area contributed by atoms with Gasteiger partial charge in [0.15, 0.2) is 8.32 Å². The summed E-state index contributed by atoms with van der Waals surface area (Å²) in [4.78, 5) is 32.0. The highest BCUT2D eigenvalue weighted by atomic mass is 32.1. The van der Waals surface area contributed by atoms with Gasteiger partial charge in [0, 0.05) is 29.6 Å². The number of aromatic nitrogens is 1. The van der Waals surface area contributed by atoms with Crippen molar-refractivity contribution in [3.63, 3.8) is 0 Å². The third-order valence-corrected chi connectivity index (χ3v) is 14.6. The van der Waals surface area contributed by atoms with E-state index in [9.17, 15) is 9.59 Å². The molecule has 5 nitrogen and oxygen atoms in total. The zero-order valence-electron chi connectivity index (χ0n) is 29.3. The Bertz CT molecular complexity index is 1170. The van der Waals surface area contributed by atoms with Crippen LogP contribution in [0, 0.1) is 30.1 Å². The number of Topliss-reactive ketones (excluding diaryl/α,β-unsaturated/α-hetero) is 1. The van der Waals surface area contributed by atoms with E-state index in [1.54, 1.807) is 11.3 Å². The van der Waals surface area contributed by atoms with Crippen molar-refractivity contribution in [2.75, 3.05) is 0 Å². The first-order valence-electron chi connectivity index (χ1n) is 15.6. The molecule has 0 radical (unpaired) electrons. The second-order valence-electron chi connectivity index (χ2n) is 14.4. The first-order valence-corrected chi connectivity index (χ1v) is 19.4. The van der Waals surface area contributed by atoms with E-state index in [2.05, 4.69) is 71.9 Å². The van der Waals surface area contributed by atoms with E-state index in [0.29, 0.717) is 6.42 Å². The van der Waals surface area contributed by atoms with E-state index in [1.165, 1.54) is 5.57 Å². The van der Waals surface area contributed by atoms with Crippen molar-refractivity contribution in [3.05, 3.63) is 58.6 Å². The number of ether oxygens (including phenoxy) is 1. The molecule has 7 heteroatoms. The van der Waals surface area contributed by atoms with Gasteiger partial charge in [0.2, 0.25) is 0 Å². The Labute approximate surface area is 268 Å². The van der Waals surface area contributed by atoms with E-state index in [4.69, 9.17) is 9.16 Å². The molecule has 0 spiro atoms. The number of rotatable bonds is 17. The lowest BCUT2D eigenvalue weighted by Gasteiger charge is -2.43. The van der Waals surface area contributed by atoms with Gasteiger partial charge in [0.1, 0.15) is 11.9 Å². The third kappa shape index (κ3) is 11.4. The van der Waals surface area contributed by atoms with Crippen LogP contribution in [0.15, 0.2) is 47.9 Å². The number of allylic oxidation sites excluding steroid dienone is 2. The predicted molar refractivity (Wildman–Crippen MR) is 187 cm³/mol. The van der Waals surface area contributed by atoms with Gasteiger partial charge in [-0.1, -0.05) is 79.2 Å². The van der Waals surface area contributed by atoms with E-state index < -0.39 is 19.8 Å². The van der Waals surface area contributed by atoms with Crippen LogP contribution in [0.1, 0.15) is 99.2 Å². The molecular formula is C36H59NO4SSi. The van der Waals surface area contributed by atoms with E-state index in [0.717, 1.165) is 22.7 Å². The molecule has 242 valence electrons. The summed E-state index contributed by atoms with van der Waals surface area (Å²) in [6.07, 6.45) is 8.63. The number of esters is 1. The van der Waals surface area contributed by atoms with Crippen LogP contribution >= 0.6 is 11.3 Å². The Morgan fingerprint density at radius 3 is 2.19 bits per heavy atom. The fraction of sp³-hybridized carbons (Fsp3) is 0.639. The lowest BCUT2D eigenvalue weighted by Crippen LogP contribution is -2.50. The largest absolute Gasteiger partial charge is 0.457 e. The van der Waals surface area contributed by atoms with Crippen LogP contribution in [0.4, 0.5) is 0 Å². The van der Waals surface area contributed by atoms with Crippen molar-refractivity contribution in [2.45, 2.75) is 126 Å². The van der Waals surface area contributed by atoms with Gasteiger partial charge in [0.05, 0.1) is 16.8 Å². The van der Waals surface area contributed by atoms with Gasteiger partial charge in [-0.3, -0.25) is 9.59 Å². The summed E-state index contributed by atoms with van der Waals surface area (Å²) < 4.78 is 12.9. The van der Waals surface area contributed by atoms with Gasteiger partial charge >= 0.3 is 5.97 Å². The maximum absolute atomic E-state index is 14.1. The van der Waals surface area contributed by atoms with Crippen LogP contribution in [0.5, 0.6) is 0 Å². The molecule has 0 fully saturated rings. The molecule has 0 saturated heterocycles. The highest BCUT2D eigenvalue weighted by Crippen LogP contribution is 2.41. The molecule has 0 aliphatic carbocycles. The summed E-state index contributed by atoms with van der Waals surface area (Å²) >= 11 is 1.59. The van der Waals surface area contributed by atoms with Gasteiger partial charge in [-0.05, 0) is 68.8 Å². The SMILES string of the molecule is C=CC/C(C)=C\C[C@H](OC(=O)C[C@H](C)C(C)(C)C(=O)[C@H](C)[C@@H](O[Si](C)(C)C(C)(C)C)[C@@H](C)C=C)/C(C)=C/c1csc(C)n1. The number of hydrogen-bond donors (Lipinski definition) is 0. The fourth-order valence-corrected chi connectivity index (χ4v) is 6.75. The Kier molecular flexibility index (Phi) is 14.7. The highest BCUT2D eigenvalue weighted by Gasteiger charge is 2.45. The quantitative estimate of drug-likeness (QED) is 0.0974. The van der Waals surface area contributed by atoms with Gasteiger partial charge in [0.25, 0.3) is 0 Å². The predicted octanol–water partition coefficient (Wildman–Crippen LogP) is 10.1. The zero-order valence-corrected chi connectivity index (χ0v) is 31.1. The second kappa shape index (κ2) is 16.3. The summed E-state index contributed by atoms with van der Waals surface area (Å²) in [7, 11) is -2.14. The Hall–Kier alpha value is -2.09. The molecule has 1 aromatic heterocycles. The Balaban J connectivity index is 3.16. The summed E-state index contributed by atoms with van der Waals surface area (Å²) in [5, 5.41) is 3.01. The fourth-order valence-electron chi connectivity index (χ4n) is 4.73. The number of carbonyl (C=O) groups excluding carboxylic acids is 2. The van der Waals surface area contributed by atoms with Crippen LogP contribution in [-0.4, -0.2) is 37.3 Å². The van der Waals surface area contributed by atoms with Crippen molar-refractivity contribution in [2.24, 2.45) is 23.2 Å². The molecule has 0 aliphatic heterocycles. The average Bonchev–Trinajstić information content (AvgIpc) is 3.31. The Morgan fingerprint density at radius 2 is 1.70 bits per heavy atom. The molecule has 0 unspecified atom stereocenters. The van der Waals surface area contributed by atoms with Crippen molar-refractivity contribution in [3.8, 4) is 0 Å². The number of carbonyl (C=O) groups is 2. The van der Waals surface area contributed by atoms with Crippen LogP contribution in [0.3, 0.4) is 0 Å². The lowest BCUT2D eigenvalue weighted by molar-refractivity contribution is -0.150. The average molecular weight is 630 g/mol. The summed E-state index contributed by atoms with van der Waals surface area (Å²) in [6.45, 7) is 34.8. The van der Waals surface area contributed by atoms with E-state index in [1.807, 2.05) is 65.2 Å². The number of ketones is 1. The molecule has 0 N–H and O–H groups in total. The summed E-state index contributed by atoms with van der Waals surface area (Å²) in [6, 6.07) is 0. The van der Waals surface area contributed by atoms with Gasteiger partial charge < -0.3 is 9.16 Å². The van der Waals surface area contributed by atoms with Gasteiger partial charge in [-0.15, -0.1) is 24.5 Å². The van der Waals surface area contributed by atoms with Crippen LogP contribution in [0.25, 0.3) is 6.08 Å². The molecule has 1 rings (SSSR count). The Morgan fingerprint density at radius 1 is 1.09 bits per heavy atom. The molecule has 0 aliphatic rings. The van der Waals surface area contributed by atoms with E-state index >= 15 is 0 Å². The summed E-state index contributed by atoms with van der Waals surface area (Å²) in [5.41, 5.74) is 2.21. The minimum absolute atomic E-state index is 0.0128. The van der Waals surface area contributed by atoms with Crippen molar-refractivity contribution in [1.29, 1.82) is 0 Å². The standard InChI is InChI=1S/C36H59NO4SSi/c1-16-18-24(3)19-20-31(26(5)21-30-23-42-29(8)37-30)40-32(38)22-27(6)36(12,13)34(39)28(7)33(25(4)17-2)41-43(14,15)35(9,10)11/h16-17,19,21,23,25,27-28,31,33H,1-2,18,20,22H2,3-15H3/b24-19-,26-21+/t25-,27-,28+,31-,33-/m0/s1. The number of thiazole rings is 1. The maximum atomic E-state index is 14.1. The highest BCUT2D eigenvalue weighted by molar-refractivity contribution is 7.09. The molecule has 1 heterocycles. The van der Waals surface area contributed by atoms with Crippen molar-refractivity contribution >= 4 is 37.5 Å². The smallest absolute Gasteiger partial charge is 0.306 e. The van der Waals surface area contributed by atoms with Crippen LogP contribution in [0.2, 0.25) is 18.1 Å². The molecule has 0 bridgehead atoms. The topological polar surface area (TPSA) is 65.5 Å². The minimum atomic E-state index is -2.14. The van der Waals surface area contributed by atoms with Crippen LogP contribution in [-0.2, 0) is 18.8 Å². The van der Waals surface area contributed by atoms with Crippen molar-refractivity contribution < 1.29 is 18.8 Å². The minimum Gasteiger partial charge on any atom is -0.457 e. The molecular weight excluding hydrogens is 571 g/mol. The van der Waals surface area contributed by atoms with Gasteiger partial charge in [-0.2, -0.15) is 0 Å². The second-order valence-corrected chi connectivity index (χ2v) is 20.2. The zero-order chi connectivity index (χ0) is 33.3. The molecule has 43 heavy (non-hydrogen) atoms. The first-order chi connectivity index (χ1) is 19.7. The molecule has 1 aromatic rings. The molecule has 0 aromatic carbocycles. The normalized spacial score (nSPS) is 17.0. The molecule has 0 amide bonds. The molecule has 5 atom stereocenters. The third-order valence-electron chi connectivity index (χ3n) is 9.31. The van der Waals surface area contributed by atoms with E-state index in [-0.39, 0.29) is 47.1 Å². The maximum Gasteiger partial charge on any atom is 0.306 e. The van der Waals surface area contributed by atoms with Crippen molar-refractivity contribution in [1.82, 2.24) is 4.98 Å². The van der Waals surface area contributed by atoms with Crippen LogP contribution < -0.4 is 0 Å². The lowest BCUT2D eigenvalue weighted by atomic mass is 9.69. The monoisotopic (exact) mass is 629 g/mol. The van der Waals surface area contributed by atoms with Gasteiger partial charge in [-0.25, -0.2) is 4.98 Å². The first kappa shape index (κ1) is 38.9. The summed E-state index contributed by atoms with van der Waals surface area (Å²) in [5.74, 6) is -0.783. The number of hydrogen-bond acceptors (Lipinski definition) is 6. The number of nitrogens with zero attached hydrogens (tertiary/aromatic N) is 1.